The molecular weight excluding hydrogens is 395 g/mol. The fraction of sp³-hybridized carbons (Fsp3) is 0.176. The zero-order valence-electron chi connectivity index (χ0n) is 14.3. The molecule has 0 spiro atoms. The van der Waals surface area contributed by atoms with Crippen LogP contribution in [0.15, 0.2) is 46.6 Å². The van der Waals surface area contributed by atoms with Crippen molar-refractivity contribution in [1.29, 1.82) is 0 Å². The molecular formula is C17H14Cl2N4O4. The van der Waals surface area contributed by atoms with Crippen molar-refractivity contribution in [3.05, 3.63) is 62.1 Å². The van der Waals surface area contributed by atoms with E-state index >= 15 is 0 Å². The van der Waals surface area contributed by atoms with Crippen molar-refractivity contribution in [2.75, 3.05) is 5.32 Å². The first-order valence-electron chi connectivity index (χ1n) is 7.62. The van der Waals surface area contributed by atoms with Gasteiger partial charge in [-0.05, 0) is 37.6 Å². The van der Waals surface area contributed by atoms with Crippen LogP contribution in [0.5, 0.6) is 0 Å². The minimum atomic E-state index is -1.49. The number of anilines is 1. The summed E-state index contributed by atoms with van der Waals surface area (Å²) >= 11 is 11.8. The van der Waals surface area contributed by atoms with Crippen molar-refractivity contribution in [2.45, 2.75) is 19.9 Å². The SMILES string of the molecule is CC(=O)C(N=Nc1ccc(Cl)cc1[N+](=O)[O-])C(=O)Nc1c(C)cccc1Cl. The summed E-state index contributed by atoms with van der Waals surface area (Å²) in [7, 11) is 0. The molecule has 8 nitrogen and oxygen atoms in total. The van der Waals surface area contributed by atoms with Crippen LogP contribution in [0, 0.1) is 17.0 Å². The quantitative estimate of drug-likeness (QED) is 0.317. The van der Waals surface area contributed by atoms with Crippen molar-refractivity contribution < 1.29 is 14.5 Å². The first-order valence-corrected chi connectivity index (χ1v) is 8.37. The zero-order chi connectivity index (χ0) is 20.1. The van der Waals surface area contributed by atoms with Crippen LogP contribution in [0.2, 0.25) is 10.0 Å². The number of benzene rings is 2. The first kappa shape index (κ1) is 20.5. The van der Waals surface area contributed by atoms with Crippen molar-refractivity contribution in [3.63, 3.8) is 0 Å². The molecule has 140 valence electrons. The Bertz CT molecular complexity index is 926. The maximum absolute atomic E-state index is 12.5. The van der Waals surface area contributed by atoms with Gasteiger partial charge in [-0.25, -0.2) is 0 Å². The van der Waals surface area contributed by atoms with Gasteiger partial charge in [-0.2, -0.15) is 5.11 Å². The van der Waals surface area contributed by atoms with Gasteiger partial charge in [0.1, 0.15) is 0 Å². The highest BCUT2D eigenvalue weighted by Gasteiger charge is 2.25. The number of hydrogen-bond donors (Lipinski definition) is 1. The highest BCUT2D eigenvalue weighted by molar-refractivity contribution is 6.34. The zero-order valence-corrected chi connectivity index (χ0v) is 15.8. The van der Waals surface area contributed by atoms with E-state index in [-0.39, 0.29) is 10.7 Å². The van der Waals surface area contributed by atoms with Crippen LogP contribution >= 0.6 is 23.2 Å². The number of amides is 1. The fourth-order valence-electron chi connectivity index (χ4n) is 2.15. The van der Waals surface area contributed by atoms with E-state index in [1.807, 2.05) is 0 Å². The number of ketones is 1. The summed E-state index contributed by atoms with van der Waals surface area (Å²) in [5.74, 6) is -1.34. The molecule has 0 aliphatic rings. The number of rotatable bonds is 6. The molecule has 1 N–H and O–H groups in total. The number of nitro groups is 1. The Labute approximate surface area is 164 Å². The molecule has 2 aromatic carbocycles. The van der Waals surface area contributed by atoms with Crippen molar-refractivity contribution in [3.8, 4) is 0 Å². The molecule has 0 aliphatic carbocycles. The lowest BCUT2D eigenvalue weighted by Gasteiger charge is -2.12. The molecule has 1 unspecified atom stereocenters. The van der Waals surface area contributed by atoms with Crippen LogP contribution in [0.3, 0.4) is 0 Å². The van der Waals surface area contributed by atoms with Gasteiger partial charge in [0.05, 0.1) is 15.6 Å². The Balaban J connectivity index is 2.31. The number of aryl methyl sites for hydroxylation is 1. The van der Waals surface area contributed by atoms with Crippen LogP contribution in [-0.4, -0.2) is 22.7 Å². The van der Waals surface area contributed by atoms with Gasteiger partial charge in [-0.3, -0.25) is 19.7 Å². The lowest BCUT2D eigenvalue weighted by molar-refractivity contribution is -0.384. The van der Waals surface area contributed by atoms with E-state index in [0.29, 0.717) is 16.3 Å². The molecule has 27 heavy (non-hydrogen) atoms. The van der Waals surface area contributed by atoms with Gasteiger partial charge in [0.25, 0.3) is 11.6 Å². The van der Waals surface area contributed by atoms with Crippen LogP contribution in [0.25, 0.3) is 0 Å². The molecule has 0 bridgehead atoms. The maximum atomic E-state index is 12.5. The molecule has 0 aromatic heterocycles. The molecule has 0 aliphatic heterocycles. The third-order valence-corrected chi connectivity index (χ3v) is 4.07. The second-order valence-electron chi connectivity index (χ2n) is 5.54. The molecule has 0 saturated carbocycles. The minimum Gasteiger partial charge on any atom is -0.322 e. The third-order valence-electron chi connectivity index (χ3n) is 3.52. The molecule has 0 fully saturated rings. The van der Waals surface area contributed by atoms with E-state index in [9.17, 15) is 19.7 Å². The number of nitrogens with zero attached hydrogens (tertiary/aromatic N) is 3. The second kappa shape index (κ2) is 8.70. The third kappa shape index (κ3) is 5.08. The Morgan fingerprint density at radius 3 is 2.52 bits per heavy atom. The number of halogens is 2. The van der Waals surface area contributed by atoms with Gasteiger partial charge in [0.2, 0.25) is 6.04 Å². The predicted octanol–water partition coefficient (Wildman–Crippen LogP) is 4.89. The van der Waals surface area contributed by atoms with Crippen molar-refractivity contribution in [1.82, 2.24) is 0 Å². The van der Waals surface area contributed by atoms with Gasteiger partial charge in [0.15, 0.2) is 11.5 Å². The summed E-state index contributed by atoms with van der Waals surface area (Å²) in [5.41, 5.74) is 0.528. The molecule has 2 rings (SSSR count). The standard InChI is InChI=1S/C17H14Cl2N4O4/c1-9-4-3-5-12(19)15(9)20-17(25)16(10(2)24)22-21-13-7-6-11(18)8-14(13)23(26)27/h3-8,16H,1-2H3,(H,20,25). The predicted molar refractivity (Wildman–Crippen MR) is 102 cm³/mol. The molecule has 2 aromatic rings. The summed E-state index contributed by atoms with van der Waals surface area (Å²) in [4.78, 5) is 34.7. The Hall–Kier alpha value is -2.84. The Kier molecular flexibility index (Phi) is 6.59. The monoisotopic (exact) mass is 408 g/mol. The average Bonchev–Trinajstić information content (AvgIpc) is 2.59. The number of hydrogen-bond acceptors (Lipinski definition) is 6. The van der Waals surface area contributed by atoms with E-state index in [1.165, 1.54) is 19.1 Å². The fourth-order valence-corrected chi connectivity index (χ4v) is 2.58. The van der Waals surface area contributed by atoms with Crippen molar-refractivity contribution in [2.24, 2.45) is 10.2 Å². The van der Waals surface area contributed by atoms with Gasteiger partial charge >= 0.3 is 0 Å². The summed E-state index contributed by atoms with van der Waals surface area (Å²) < 4.78 is 0. The molecule has 0 saturated heterocycles. The molecule has 1 amide bonds. The number of para-hydroxylation sites is 1. The maximum Gasteiger partial charge on any atom is 0.298 e. The van der Waals surface area contributed by atoms with E-state index < -0.39 is 28.3 Å². The smallest absolute Gasteiger partial charge is 0.298 e. The number of nitrogens with one attached hydrogen (secondary N) is 1. The largest absolute Gasteiger partial charge is 0.322 e. The van der Waals surface area contributed by atoms with E-state index in [4.69, 9.17) is 23.2 Å². The molecule has 1 atom stereocenters. The van der Waals surface area contributed by atoms with Gasteiger partial charge < -0.3 is 5.32 Å². The normalized spacial score (nSPS) is 12.0. The summed E-state index contributed by atoms with van der Waals surface area (Å²) in [6.07, 6.45) is 0. The lowest BCUT2D eigenvalue weighted by atomic mass is 10.1. The van der Waals surface area contributed by atoms with Gasteiger partial charge in [0, 0.05) is 11.1 Å². The van der Waals surface area contributed by atoms with E-state index in [0.717, 1.165) is 6.07 Å². The Morgan fingerprint density at radius 1 is 1.22 bits per heavy atom. The highest BCUT2D eigenvalue weighted by atomic mass is 35.5. The molecule has 0 heterocycles. The number of carbonyl (C=O) groups is 2. The average molecular weight is 409 g/mol. The molecule has 0 radical (unpaired) electrons. The highest BCUT2D eigenvalue weighted by Crippen LogP contribution is 2.31. The number of carbonyl (C=O) groups excluding carboxylic acids is 2. The lowest BCUT2D eigenvalue weighted by Crippen LogP contribution is -2.32. The summed E-state index contributed by atoms with van der Waals surface area (Å²) in [6, 6.07) is 7.32. The van der Waals surface area contributed by atoms with Crippen LogP contribution in [0.4, 0.5) is 17.1 Å². The van der Waals surface area contributed by atoms with Crippen molar-refractivity contribution >= 4 is 52.0 Å². The number of Topliss-reactive ketones (excluding diaryl/α,β-unsaturated/α-hetero) is 1. The number of nitro benzene ring substituents is 1. The Morgan fingerprint density at radius 2 is 1.93 bits per heavy atom. The van der Waals surface area contributed by atoms with Gasteiger partial charge in [-0.15, -0.1) is 5.11 Å². The van der Waals surface area contributed by atoms with Gasteiger partial charge in [-0.1, -0.05) is 35.3 Å². The van der Waals surface area contributed by atoms with E-state index in [1.54, 1.807) is 25.1 Å². The van der Waals surface area contributed by atoms with Crippen LogP contribution < -0.4 is 5.32 Å². The first-order chi connectivity index (χ1) is 12.7. The minimum absolute atomic E-state index is 0.127. The number of azo groups is 1. The van der Waals surface area contributed by atoms with E-state index in [2.05, 4.69) is 15.5 Å². The summed E-state index contributed by atoms with van der Waals surface area (Å²) in [5, 5.41) is 21.5. The second-order valence-corrected chi connectivity index (χ2v) is 6.38. The van der Waals surface area contributed by atoms with Crippen LogP contribution in [0.1, 0.15) is 12.5 Å². The molecule has 10 heteroatoms. The summed E-state index contributed by atoms with van der Waals surface area (Å²) in [6.45, 7) is 2.90. The van der Waals surface area contributed by atoms with Crippen LogP contribution in [-0.2, 0) is 9.59 Å². The topological polar surface area (TPSA) is 114 Å².